The van der Waals surface area contributed by atoms with Gasteiger partial charge in [0.05, 0.1) is 6.61 Å². The molecule has 20 heavy (non-hydrogen) atoms. The Morgan fingerprint density at radius 1 is 1.35 bits per heavy atom. The van der Waals surface area contributed by atoms with Gasteiger partial charge in [-0.1, -0.05) is 0 Å². The third-order valence-corrected chi connectivity index (χ3v) is 4.71. The first-order valence-corrected chi connectivity index (χ1v) is 7.91. The van der Waals surface area contributed by atoms with Crippen molar-refractivity contribution in [3.63, 3.8) is 0 Å². The summed E-state index contributed by atoms with van der Waals surface area (Å²) in [6, 6.07) is 0.681. The zero-order chi connectivity index (χ0) is 14.6. The van der Waals surface area contributed by atoms with Crippen molar-refractivity contribution in [2.45, 2.75) is 44.7 Å². The smallest absolute Gasteiger partial charge is 0.327 e. The number of hydrogen-bond acceptors (Lipinski definition) is 5. The lowest BCUT2D eigenvalue weighted by Crippen LogP contribution is -2.57. The summed E-state index contributed by atoms with van der Waals surface area (Å²) in [5.41, 5.74) is -0.607. The topological polar surface area (TPSA) is 44.8 Å². The highest BCUT2D eigenvalue weighted by atomic mass is 16.5. The molecule has 0 aromatic rings. The third-order valence-electron chi connectivity index (χ3n) is 4.71. The molecule has 0 aromatic carbocycles. The minimum absolute atomic E-state index is 0.143. The van der Waals surface area contributed by atoms with Gasteiger partial charge in [-0.15, -0.1) is 0 Å². The molecule has 2 aliphatic rings. The Morgan fingerprint density at radius 2 is 2.10 bits per heavy atom. The second-order valence-corrected chi connectivity index (χ2v) is 6.22. The number of fused-ring (bicyclic) bond motifs is 1. The fourth-order valence-corrected chi connectivity index (χ4v) is 3.41. The van der Waals surface area contributed by atoms with Crippen LogP contribution in [0.4, 0.5) is 0 Å². The maximum atomic E-state index is 12.2. The molecule has 0 aromatic heterocycles. The highest BCUT2D eigenvalue weighted by Gasteiger charge is 2.37. The van der Waals surface area contributed by atoms with Gasteiger partial charge in [0.2, 0.25) is 0 Å². The number of nitrogens with one attached hydrogen (secondary N) is 1. The van der Waals surface area contributed by atoms with Crippen LogP contribution in [0, 0.1) is 0 Å². The van der Waals surface area contributed by atoms with E-state index < -0.39 is 5.54 Å². The van der Waals surface area contributed by atoms with E-state index in [1.54, 1.807) is 0 Å². The van der Waals surface area contributed by atoms with E-state index in [1.165, 1.54) is 32.4 Å². The van der Waals surface area contributed by atoms with E-state index in [4.69, 9.17) is 4.74 Å². The van der Waals surface area contributed by atoms with Gasteiger partial charge in [0.1, 0.15) is 5.54 Å². The largest absolute Gasteiger partial charge is 0.465 e. The minimum atomic E-state index is -0.607. The molecule has 0 bridgehead atoms. The Bertz CT molecular complexity index is 337. The Morgan fingerprint density at radius 3 is 2.80 bits per heavy atom. The number of rotatable bonds is 5. The highest BCUT2D eigenvalue weighted by Crippen LogP contribution is 2.22. The number of likely N-dealkylation sites (N-methyl/N-ethyl adjacent to an activating group) is 1. The molecule has 5 heteroatoms. The molecule has 2 saturated heterocycles. The summed E-state index contributed by atoms with van der Waals surface area (Å²) in [5.74, 6) is -0.143. The maximum absolute atomic E-state index is 12.2. The van der Waals surface area contributed by atoms with Crippen molar-refractivity contribution in [2.75, 3.05) is 46.4 Å². The molecule has 2 aliphatic heterocycles. The number of nitrogens with zero attached hydrogens (tertiary/aromatic N) is 2. The van der Waals surface area contributed by atoms with E-state index in [-0.39, 0.29) is 5.97 Å². The van der Waals surface area contributed by atoms with Crippen molar-refractivity contribution >= 4 is 5.97 Å². The summed E-state index contributed by atoms with van der Waals surface area (Å²) in [6.45, 7) is 9.58. The van der Waals surface area contributed by atoms with Crippen LogP contribution in [-0.2, 0) is 9.53 Å². The molecule has 0 spiro atoms. The van der Waals surface area contributed by atoms with Crippen molar-refractivity contribution in [1.29, 1.82) is 0 Å². The van der Waals surface area contributed by atoms with E-state index in [0.717, 1.165) is 19.6 Å². The van der Waals surface area contributed by atoms with Gasteiger partial charge in [0, 0.05) is 19.1 Å². The van der Waals surface area contributed by atoms with Gasteiger partial charge in [-0.2, -0.15) is 0 Å². The van der Waals surface area contributed by atoms with E-state index in [9.17, 15) is 4.79 Å². The Balaban J connectivity index is 1.97. The molecule has 2 rings (SSSR count). The first kappa shape index (κ1) is 15.7. The van der Waals surface area contributed by atoms with Gasteiger partial charge in [-0.3, -0.25) is 14.6 Å². The number of carbonyl (C=O) groups is 1. The lowest BCUT2D eigenvalue weighted by Gasteiger charge is -2.34. The summed E-state index contributed by atoms with van der Waals surface area (Å²) in [6.07, 6.45) is 3.81. The molecule has 5 nitrogen and oxygen atoms in total. The van der Waals surface area contributed by atoms with Crippen LogP contribution >= 0.6 is 0 Å². The standard InChI is InChI=1S/C15H29N3O2/c1-4-20-14(19)15(2,16-3)12-17-8-6-10-18-9-5-7-13(18)11-17/h13,16H,4-12H2,1-3H3. The van der Waals surface area contributed by atoms with Crippen molar-refractivity contribution < 1.29 is 9.53 Å². The van der Waals surface area contributed by atoms with Crippen LogP contribution in [0.2, 0.25) is 0 Å². The SMILES string of the molecule is CCOC(=O)C(C)(CN1CCCN2CCCC2C1)NC. The van der Waals surface area contributed by atoms with Crippen molar-refractivity contribution in [2.24, 2.45) is 0 Å². The molecule has 2 unspecified atom stereocenters. The first-order chi connectivity index (χ1) is 9.59. The van der Waals surface area contributed by atoms with E-state index >= 15 is 0 Å². The van der Waals surface area contributed by atoms with Crippen LogP contribution in [0.5, 0.6) is 0 Å². The normalized spacial score (nSPS) is 27.6. The highest BCUT2D eigenvalue weighted by molar-refractivity contribution is 5.80. The van der Waals surface area contributed by atoms with E-state index in [1.807, 2.05) is 20.9 Å². The molecule has 116 valence electrons. The summed E-state index contributed by atoms with van der Waals surface area (Å²) < 4.78 is 5.22. The van der Waals surface area contributed by atoms with Crippen LogP contribution in [0.25, 0.3) is 0 Å². The molecule has 1 N–H and O–H groups in total. The van der Waals surface area contributed by atoms with Crippen LogP contribution < -0.4 is 5.32 Å². The predicted octanol–water partition coefficient (Wildman–Crippen LogP) is 0.698. The van der Waals surface area contributed by atoms with Gasteiger partial charge in [-0.25, -0.2) is 0 Å². The Hall–Kier alpha value is -0.650. The van der Waals surface area contributed by atoms with Crippen molar-refractivity contribution in [3.8, 4) is 0 Å². The molecular weight excluding hydrogens is 254 g/mol. The van der Waals surface area contributed by atoms with Gasteiger partial charge in [-0.05, 0) is 59.8 Å². The van der Waals surface area contributed by atoms with Crippen molar-refractivity contribution in [1.82, 2.24) is 15.1 Å². The lowest BCUT2D eigenvalue weighted by atomic mass is 10.0. The monoisotopic (exact) mass is 283 g/mol. The quantitative estimate of drug-likeness (QED) is 0.753. The summed E-state index contributed by atoms with van der Waals surface area (Å²) >= 11 is 0. The predicted molar refractivity (Wildman–Crippen MR) is 79.7 cm³/mol. The third kappa shape index (κ3) is 3.51. The van der Waals surface area contributed by atoms with Crippen LogP contribution in [0.15, 0.2) is 0 Å². The second kappa shape index (κ2) is 6.87. The van der Waals surface area contributed by atoms with Gasteiger partial charge in [0.25, 0.3) is 0 Å². The zero-order valence-corrected chi connectivity index (χ0v) is 13.2. The van der Waals surface area contributed by atoms with Gasteiger partial charge in [0.15, 0.2) is 0 Å². The van der Waals surface area contributed by atoms with E-state index in [0.29, 0.717) is 12.6 Å². The molecular formula is C15H29N3O2. The van der Waals surface area contributed by atoms with Gasteiger partial charge < -0.3 is 10.1 Å². The average Bonchev–Trinajstić information content (AvgIpc) is 2.78. The fraction of sp³-hybridized carbons (Fsp3) is 0.933. The molecule has 0 aliphatic carbocycles. The number of hydrogen-bond donors (Lipinski definition) is 1. The molecule has 2 atom stereocenters. The molecule has 0 radical (unpaired) electrons. The maximum Gasteiger partial charge on any atom is 0.327 e. The van der Waals surface area contributed by atoms with Crippen LogP contribution in [0.1, 0.15) is 33.1 Å². The average molecular weight is 283 g/mol. The number of ether oxygens (including phenoxy) is 1. The summed E-state index contributed by atoms with van der Waals surface area (Å²) in [5, 5.41) is 3.16. The zero-order valence-electron chi connectivity index (χ0n) is 13.2. The van der Waals surface area contributed by atoms with E-state index in [2.05, 4.69) is 15.1 Å². The Labute approximate surface area is 122 Å². The fourth-order valence-electron chi connectivity index (χ4n) is 3.41. The van der Waals surface area contributed by atoms with Crippen LogP contribution in [0.3, 0.4) is 0 Å². The molecule has 0 saturated carbocycles. The summed E-state index contributed by atoms with van der Waals surface area (Å²) in [4.78, 5) is 17.2. The molecule has 2 fully saturated rings. The van der Waals surface area contributed by atoms with Crippen molar-refractivity contribution in [3.05, 3.63) is 0 Å². The minimum Gasteiger partial charge on any atom is -0.465 e. The van der Waals surface area contributed by atoms with Gasteiger partial charge >= 0.3 is 5.97 Å². The van der Waals surface area contributed by atoms with Crippen LogP contribution in [-0.4, -0.2) is 73.7 Å². The number of carbonyl (C=O) groups excluding carboxylic acids is 1. The molecule has 2 heterocycles. The lowest BCUT2D eigenvalue weighted by molar-refractivity contribution is -0.151. The summed E-state index contributed by atoms with van der Waals surface area (Å²) in [7, 11) is 1.84. The Kier molecular flexibility index (Phi) is 5.41. The second-order valence-electron chi connectivity index (χ2n) is 6.22. The number of esters is 1. The molecule has 0 amide bonds. The first-order valence-electron chi connectivity index (χ1n) is 7.91.